The van der Waals surface area contributed by atoms with Gasteiger partial charge in [0.15, 0.2) is 0 Å². The summed E-state index contributed by atoms with van der Waals surface area (Å²) in [6.45, 7) is 3.74. The fraction of sp³-hybridized carbons (Fsp3) is 0.462. The van der Waals surface area contributed by atoms with Gasteiger partial charge < -0.3 is 10.6 Å². The van der Waals surface area contributed by atoms with E-state index in [-0.39, 0.29) is 17.1 Å². The average molecular weight is 263 g/mol. The zero-order chi connectivity index (χ0) is 13.9. The zero-order valence-corrected chi connectivity index (χ0v) is 10.8. The van der Waals surface area contributed by atoms with Crippen molar-refractivity contribution < 1.29 is 9.72 Å². The van der Waals surface area contributed by atoms with Gasteiger partial charge in [-0.05, 0) is 38.9 Å². The first kappa shape index (κ1) is 13.5. The Balaban J connectivity index is 2.11. The summed E-state index contributed by atoms with van der Waals surface area (Å²) < 4.78 is 0. The van der Waals surface area contributed by atoms with Crippen LogP contribution in [0.2, 0.25) is 0 Å². The summed E-state index contributed by atoms with van der Waals surface area (Å²) in [6, 6.07) is 5.80. The minimum atomic E-state index is -0.497. The molecule has 19 heavy (non-hydrogen) atoms. The number of amides is 1. The molecule has 1 aliphatic rings. The van der Waals surface area contributed by atoms with Crippen LogP contribution in [-0.2, 0) is 0 Å². The van der Waals surface area contributed by atoms with E-state index in [1.165, 1.54) is 18.2 Å². The Morgan fingerprint density at radius 2 is 2.11 bits per heavy atom. The van der Waals surface area contributed by atoms with Gasteiger partial charge in [0.2, 0.25) is 0 Å². The maximum atomic E-state index is 12.1. The van der Waals surface area contributed by atoms with Gasteiger partial charge in [0.25, 0.3) is 11.6 Å². The van der Waals surface area contributed by atoms with E-state index < -0.39 is 4.92 Å². The third-order valence-corrected chi connectivity index (χ3v) is 3.44. The molecule has 2 rings (SSSR count). The van der Waals surface area contributed by atoms with Gasteiger partial charge in [-0.3, -0.25) is 14.9 Å². The summed E-state index contributed by atoms with van der Waals surface area (Å²) in [4.78, 5) is 22.3. The van der Waals surface area contributed by atoms with E-state index >= 15 is 0 Å². The Hall–Kier alpha value is -1.95. The minimum Gasteiger partial charge on any atom is -0.347 e. The maximum Gasteiger partial charge on any atom is 0.270 e. The Bertz CT molecular complexity index is 496. The van der Waals surface area contributed by atoms with Crippen LogP contribution in [0.25, 0.3) is 0 Å². The SMILES string of the molecule is CC1(NC(=O)c2cccc([N+](=O)[O-])c2)CCNCC1. The Morgan fingerprint density at radius 1 is 1.42 bits per heavy atom. The monoisotopic (exact) mass is 263 g/mol. The van der Waals surface area contributed by atoms with E-state index in [1.54, 1.807) is 6.07 Å². The second kappa shape index (κ2) is 5.36. The van der Waals surface area contributed by atoms with Crippen LogP contribution < -0.4 is 10.6 Å². The number of hydrogen-bond donors (Lipinski definition) is 2. The highest BCUT2D eigenvalue weighted by molar-refractivity contribution is 5.95. The number of nitrogens with zero attached hydrogens (tertiary/aromatic N) is 1. The van der Waals surface area contributed by atoms with Crippen molar-refractivity contribution in [1.82, 2.24) is 10.6 Å². The number of non-ortho nitro benzene ring substituents is 1. The van der Waals surface area contributed by atoms with Crippen molar-refractivity contribution in [3.63, 3.8) is 0 Å². The molecule has 1 aromatic rings. The molecule has 1 amide bonds. The van der Waals surface area contributed by atoms with Crippen LogP contribution in [0.3, 0.4) is 0 Å². The maximum absolute atomic E-state index is 12.1. The fourth-order valence-electron chi connectivity index (χ4n) is 2.21. The first-order valence-electron chi connectivity index (χ1n) is 6.28. The van der Waals surface area contributed by atoms with Crippen LogP contribution in [0.4, 0.5) is 5.69 Å². The molecule has 0 saturated carbocycles. The second-order valence-electron chi connectivity index (χ2n) is 5.07. The molecule has 2 N–H and O–H groups in total. The molecule has 1 aromatic carbocycles. The number of nitro benzene ring substituents is 1. The number of nitro groups is 1. The number of piperidine rings is 1. The van der Waals surface area contributed by atoms with Crippen LogP contribution in [-0.4, -0.2) is 29.5 Å². The molecule has 6 nitrogen and oxygen atoms in total. The lowest BCUT2D eigenvalue weighted by Gasteiger charge is -2.35. The Labute approximate surface area is 111 Å². The molecule has 0 unspecified atom stereocenters. The van der Waals surface area contributed by atoms with Crippen molar-refractivity contribution in [3.8, 4) is 0 Å². The number of carbonyl (C=O) groups is 1. The number of hydrogen-bond acceptors (Lipinski definition) is 4. The Morgan fingerprint density at radius 3 is 2.74 bits per heavy atom. The number of rotatable bonds is 3. The normalized spacial score (nSPS) is 17.7. The first-order chi connectivity index (χ1) is 9.00. The van der Waals surface area contributed by atoms with Crippen LogP contribution in [0.1, 0.15) is 30.1 Å². The van der Waals surface area contributed by atoms with Crippen LogP contribution >= 0.6 is 0 Å². The molecule has 102 valence electrons. The molecule has 1 fully saturated rings. The van der Waals surface area contributed by atoms with E-state index in [0.29, 0.717) is 5.56 Å². The summed E-state index contributed by atoms with van der Waals surface area (Å²) in [5, 5.41) is 16.9. The molecule has 0 aromatic heterocycles. The van der Waals surface area contributed by atoms with Crippen molar-refractivity contribution in [2.45, 2.75) is 25.3 Å². The highest BCUT2D eigenvalue weighted by Crippen LogP contribution is 2.19. The topological polar surface area (TPSA) is 84.3 Å². The number of carbonyl (C=O) groups excluding carboxylic acids is 1. The third kappa shape index (κ3) is 3.29. The molecule has 1 aliphatic heterocycles. The van der Waals surface area contributed by atoms with Gasteiger partial charge >= 0.3 is 0 Å². The second-order valence-corrected chi connectivity index (χ2v) is 5.07. The molecule has 1 heterocycles. The smallest absolute Gasteiger partial charge is 0.270 e. The largest absolute Gasteiger partial charge is 0.347 e. The van der Waals surface area contributed by atoms with Crippen LogP contribution in [0.15, 0.2) is 24.3 Å². The van der Waals surface area contributed by atoms with Crippen LogP contribution in [0.5, 0.6) is 0 Å². The molecular weight excluding hydrogens is 246 g/mol. The van der Waals surface area contributed by atoms with E-state index in [4.69, 9.17) is 0 Å². The van der Waals surface area contributed by atoms with Gasteiger partial charge in [-0.2, -0.15) is 0 Å². The van der Waals surface area contributed by atoms with Gasteiger partial charge in [-0.1, -0.05) is 6.07 Å². The minimum absolute atomic E-state index is 0.0666. The predicted octanol–water partition coefficient (Wildman–Crippen LogP) is 1.47. The van der Waals surface area contributed by atoms with Gasteiger partial charge in [0.1, 0.15) is 0 Å². The van der Waals surface area contributed by atoms with Crippen molar-refractivity contribution in [2.24, 2.45) is 0 Å². The molecule has 0 aliphatic carbocycles. The first-order valence-corrected chi connectivity index (χ1v) is 6.28. The summed E-state index contributed by atoms with van der Waals surface area (Å²) in [7, 11) is 0. The van der Waals surface area contributed by atoms with Crippen molar-refractivity contribution in [2.75, 3.05) is 13.1 Å². The van der Waals surface area contributed by atoms with Crippen molar-refractivity contribution in [3.05, 3.63) is 39.9 Å². The standard InChI is InChI=1S/C13H17N3O3/c1-13(5-7-14-8-6-13)15-12(17)10-3-2-4-11(9-10)16(18)19/h2-4,9,14H,5-8H2,1H3,(H,15,17). The molecule has 0 atom stereocenters. The predicted molar refractivity (Wildman–Crippen MR) is 71.1 cm³/mol. The highest BCUT2D eigenvalue weighted by Gasteiger charge is 2.28. The van der Waals surface area contributed by atoms with E-state index in [0.717, 1.165) is 25.9 Å². The molecule has 0 bridgehead atoms. The van der Waals surface area contributed by atoms with E-state index in [2.05, 4.69) is 10.6 Å². The summed E-state index contributed by atoms with van der Waals surface area (Å²) in [6.07, 6.45) is 1.71. The number of benzene rings is 1. The van der Waals surface area contributed by atoms with Crippen molar-refractivity contribution >= 4 is 11.6 Å². The number of nitrogens with one attached hydrogen (secondary N) is 2. The van der Waals surface area contributed by atoms with Gasteiger partial charge in [-0.15, -0.1) is 0 Å². The summed E-state index contributed by atoms with van der Waals surface area (Å²) in [5.41, 5.74) is 0.0181. The molecular formula is C13H17N3O3. The zero-order valence-electron chi connectivity index (χ0n) is 10.8. The lowest BCUT2D eigenvalue weighted by molar-refractivity contribution is -0.384. The van der Waals surface area contributed by atoms with Gasteiger partial charge in [-0.25, -0.2) is 0 Å². The van der Waals surface area contributed by atoms with Crippen LogP contribution in [0, 0.1) is 10.1 Å². The lowest BCUT2D eigenvalue weighted by atomic mass is 9.90. The molecule has 1 saturated heterocycles. The molecule has 0 spiro atoms. The van der Waals surface area contributed by atoms with Gasteiger partial charge in [0, 0.05) is 23.2 Å². The fourth-order valence-corrected chi connectivity index (χ4v) is 2.21. The average Bonchev–Trinajstić information content (AvgIpc) is 2.39. The summed E-state index contributed by atoms with van der Waals surface area (Å²) >= 11 is 0. The lowest BCUT2D eigenvalue weighted by Crippen LogP contribution is -2.52. The molecule has 6 heteroatoms. The third-order valence-electron chi connectivity index (χ3n) is 3.44. The van der Waals surface area contributed by atoms with E-state index in [9.17, 15) is 14.9 Å². The Kier molecular flexibility index (Phi) is 3.80. The quantitative estimate of drug-likeness (QED) is 0.639. The highest BCUT2D eigenvalue weighted by atomic mass is 16.6. The summed E-state index contributed by atoms with van der Waals surface area (Å²) in [5.74, 6) is -0.256. The van der Waals surface area contributed by atoms with E-state index in [1.807, 2.05) is 6.92 Å². The van der Waals surface area contributed by atoms with Crippen molar-refractivity contribution in [1.29, 1.82) is 0 Å². The van der Waals surface area contributed by atoms with Gasteiger partial charge in [0.05, 0.1) is 4.92 Å². The molecule has 0 radical (unpaired) electrons.